The number of hydrogen-bond donors (Lipinski definition) is 0. The van der Waals surface area contributed by atoms with E-state index in [1.54, 1.807) is 56.3 Å². The molecule has 0 saturated heterocycles. The molecular formula is C32H28N4O10S. The molecule has 47 heavy (non-hydrogen) atoms. The Kier molecular flexibility index (Phi) is 9.46. The molecule has 0 amide bonds. The van der Waals surface area contributed by atoms with Gasteiger partial charge in [0.05, 0.1) is 58.1 Å². The smallest absolute Gasteiger partial charge is 0.338 e. The van der Waals surface area contributed by atoms with E-state index in [4.69, 9.17) is 18.9 Å². The minimum atomic E-state index is -0.800. The van der Waals surface area contributed by atoms with Crippen LogP contribution in [0.25, 0.3) is 6.08 Å². The zero-order valence-corrected chi connectivity index (χ0v) is 26.4. The molecular weight excluding hydrogens is 632 g/mol. The van der Waals surface area contributed by atoms with Crippen LogP contribution >= 0.6 is 11.3 Å². The molecule has 1 aromatic heterocycles. The lowest BCUT2D eigenvalue weighted by Gasteiger charge is -2.24. The van der Waals surface area contributed by atoms with Crippen molar-refractivity contribution < 1.29 is 33.6 Å². The standard InChI is InChI=1S/C32H28N4O10S/c1-5-44-22-11-8-20(9-12-22)29-28(31(38)45-6-2)18(3)33-32-34(29)30(37)27(47-32)16-19-7-13-25(26(15-19)43-4)46-24-14-10-21(35(39)40)17-23(24)36(41)42/h7-17,29H,5-6H2,1-4H3/b27-16-/t29-/m0/s1. The Balaban J connectivity index is 1.56. The van der Waals surface area contributed by atoms with Crippen LogP contribution in [-0.2, 0) is 9.53 Å². The lowest BCUT2D eigenvalue weighted by atomic mass is 9.96. The first-order chi connectivity index (χ1) is 22.6. The third kappa shape index (κ3) is 6.60. The SMILES string of the molecule is CCOC(=O)C1=C(C)N=c2s/c(=C\c3ccc(Oc4ccc([N+](=O)[O-])cc4[N+](=O)[O-])c(OC)c3)c(=O)n2[C@H]1c1ccc(OCC)cc1. The Morgan fingerprint density at radius 2 is 1.70 bits per heavy atom. The molecule has 0 bridgehead atoms. The fourth-order valence-corrected chi connectivity index (χ4v) is 6.04. The molecule has 0 fully saturated rings. The average molecular weight is 661 g/mol. The second kappa shape index (κ2) is 13.7. The average Bonchev–Trinajstić information content (AvgIpc) is 3.35. The number of nitro groups is 2. The highest BCUT2D eigenvalue weighted by molar-refractivity contribution is 7.07. The van der Waals surface area contributed by atoms with Crippen LogP contribution in [-0.4, -0.2) is 40.7 Å². The van der Waals surface area contributed by atoms with Crippen LogP contribution in [0.15, 0.2) is 81.7 Å². The molecule has 1 aliphatic rings. The first-order valence-corrected chi connectivity index (χ1v) is 15.1. The summed E-state index contributed by atoms with van der Waals surface area (Å²) in [5, 5.41) is 22.7. The topological polar surface area (TPSA) is 175 Å². The van der Waals surface area contributed by atoms with Crippen LogP contribution < -0.4 is 29.1 Å². The van der Waals surface area contributed by atoms with Crippen LogP contribution in [0.1, 0.15) is 37.9 Å². The van der Waals surface area contributed by atoms with E-state index in [9.17, 15) is 29.8 Å². The van der Waals surface area contributed by atoms with Gasteiger partial charge < -0.3 is 18.9 Å². The molecule has 0 spiro atoms. The number of thiazole rings is 1. The number of hydrogen-bond acceptors (Lipinski definition) is 12. The number of nitrogens with zero attached hydrogens (tertiary/aromatic N) is 4. The number of esters is 1. The molecule has 1 aliphatic heterocycles. The molecule has 242 valence electrons. The lowest BCUT2D eigenvalue weighted by molar-refractivity contribution is -0.394. The molecule has 3 aromatic carbocycles. The quantitative estimate of drug-likeness (QED) is 0.123. The van der Waals surface area contributed by atoms with Gasteiger partial charge in [-0.25, -0.2) is 9.79 Å². The number of non-ortho nitro benzene ring substituents is 1. The van der Waals surface area contributed by atoms with Gasteiger partial charge in [-0.3, -0.25) is 29.6 Å². The summed E-state index contributed by atoms with van der Waals surface area (Å²) in [6, 6.07) is 14.1. The molecule has 2 heterocycles. The summed E-state index contributed by atoms with van der Waals surface area (Å²) in [6.07, 6.45) is 1.63. The van der Waals surface area contributed by atoms with Gasteiger partial charge in [0.1, 0.15) is 5.75 Å². The second-order valence-electron chi connectivity index (χ2n) is 9.98. The first-order valence-electron chi connectivity index (χ1n) is 14.3. The third-order valence-electron chi connectivity index (χ3n) is 7.08. The zero-order valence-electron chi connectivity index (χ0n) is 25.6. The summed E-state index contributed by atoms with van der Waals surface area (Å²) in [6.45, 7) is 5.90. The van der Waals surface area contributed by atoms with Crippen molar-refractivity contribution in [1.82, 2.24) is 4.57 Å². The van der Waals surface area contributed by atoms with Gasteiger partial charge in [0.25, 0.3) is 11.2 Å². The number of benzene rings is 3. The van der Waals surface area contributed by atoms with Crippen molar-refractivity contribution >= 4 is 34.8 Å². The summed E-state index contributed by atoms with van der Waals surface area (Å²) in [4.78, 5) is 53.2. The lowest BCUT2D eigenvalue weighted by Crippen LogP contribution is -2.39. The molecule has 1 atom stereocenters. The maximum atomic E-state index is 14.0. The molecule has 0 unspecified atom stereocenters. The van der Waals surface area contributed by atoms with Gasteiger partial charge >= 0.3 is 11.7 Å². The maximum Gasteiger partial charge on any atom is 0.338 e. The van der Waals surface area contributed by atoms with E-state index < -0.39 is 33.2 Å². The van der Waals surface area contributed by atoms with Gasteiger partial charge in [-0.15, -0.1) is 0 Å². The predicted molar refractivity (Wildman–Crippen MR) is 171 cm³/mol. The number of ether oxygens (including phenoxy) is 4. The van der Waals surface area contributed by atoms with E-state index in [1.807, 2.05) is 6.92 Å². The number of fused-ring (bicyclic) bond motifs is 1. The van der Waals surface area contributed by atoms with Crippen LogP contribution in [0.4, 0.5) is 11.4 Å². The number of aromatic nitrogens is 1. The summed E-state index contributed by atoms with van der Waals surface area (Å²) >= 11 is 1.14. The molecule has 0 radical (unpaired) electrons. The Morgan fingerprint density at radius 1 is 0.979 bits per heavy atom. The fourth-order valence-electron chi connectivity index (χ4n) is 5.00. The third-order valence-corrected chi connectivity index (χ3v) is 8.06. The Morgan fingerprint density at radius 3 is 2.34 bits per heavy atom. The highest BCUT2D eigenvalue weighted by atomic mass is 32.1. The van der Waals surface area contributed by atoms with Gasteiger partial charge in [-0.05, 0) is 68.3 Å². The van der Waals surface area contributed by atoms with E-state index in [0.29, 0.717) is 38.5 Å². The van der Waals surface area contributed by atoms with Crippen LogP contribution in [0, 0.1) is 20.2 Å². The van der Waals surface area contributed by atoms with Crippen molar-refractivity contribution in [1.29, 1.82) is 0 Å². The Bertz CT molecular complexity index is 2100. The number of rotatable bonds is 11. The van der Waals surface area contributed by atoms with Crippen molar-refractivity contribution in [3.8, 4) is 23.0 Å². The molecule has 5 rings (SSSR count). The summed E-state index contributed by atoms with van der Waals surface area (Å²) in [5.41, 5.74) is 0.451. The minimum Gasteiger partial charge on any atom is -0.494 e. The summed E-state index contributed by atoms with van der Waals surface area (Å²) < 4.78 is 23.9. The van der Waals surface area contributed by atoms with Gasteiger partial charge in [-0.2, -0.15) is 0 Å². The largest absolute Gasteiger partial charge is 0.494 e. The fraction of sp³-hybridized carbons (Fsp3) is 0.219. The van der Waals surface area contributed by atoms with Crippen LogP contribution in [0.5, 0.6) is 23.0 Å². The number of allylic oxidation sites excluding steroid dienone is 1. The van der Waals surface area contributed by atoms with E-state index in [0.717, 1.165) is 29.5 Å². The Labute approximate surface area is 270 Å². The highest BCUT2D eigenvalue weighted by Crippen LogP contribution is 2.38. The first kappa shape index (κ1) is 32.6. The van der Waals surface area contributed by atoms with Crippen molar-refractivity contribution in [2.45, 2.75) is 26.8 Å². The monoisotopic (exact) mass is 660 g/mol. The molecule has 4 aromatic rings. The molecule has 0 N–H and O–H groups in total. The maximum absolute atomic E-state index is 14.0. The van der Waals surface area contributed by atoms with E-state index in [2.05, 4.69) is 4.99 Å². The number of carbonyl (C=O) groups excluding carboxylic acids is 1. The van der Waals surface area contributed by atoms with E-state index in [1.165, 1.54) is 17.7 Å². The number of methoxy groups -OCH3 is 1. The number of nitro benzene ring substituents is 2. The Hall–Kier alpha value is -5.83. The van der Waals surface area contributed by atoms with Gasteiger partial charge in [0.2, 0.25) is 5.75 Å². The van der Waals surface area contributed by atoms with Crippen molar-refractivity contribution in [2.24, 2.45) is 4.99 Å². The summed E-state index contributed by atoms with van der Waals surface area (Å²) in [7, 11) is 1.38. The normalized spacial score (nSPS) is 14.2. The van der Waals surface area contributed by atoms with Gasteiger partial charge in [-0.1, -0.05) is 29.5 Å². The van der Waals surface area contributed by atoms with E-state index in [-0.39, 0.29) is 35.0 Å². The van der Waals surface area contributed by atoms with Crippen molar-refractivity contribution in [3.63, 3.8) is 0 Å². The zero-order chi connectivity index (χ0) is 33.8. The van der Waals surface area contributed by atoms with Gasteiger partial charge in [0.15, 0.2) is 16.3 Å². The minimum absolute atomic E-state index is 0.105. The second-order valence-corrected chi connectivity index (χ2v) is 11.0. The van der Waals surface area contributed by atoms with Crippen LogP contribution in [0.2, 0.25) is 0 Å². The highest BCUT2D eigenvalue weighted by Gasteiger charge is 2.33. The summed E-state index contributed by atoms with van der Waals surface area (Å²) in [5.74, 6) is 0.143. The molecule has 15 heteroatoms. The number of carbonyl (C=O) groups is 1. The van der Waals surface area contributed by atoms with Crippen molar-refractivity contribution in [2.75, 3.05) is 20.3 Å². The molecule has 14 nitrogen and oxygen atoms in total. The van der Waals surface area contributed by atoms with E-state index >= 15 is 0 Å². The molecule has 0 saturated carbocycles. The van der Waals surface area contributed by atoms with Gasteiger partial charge in [0, 0.05) is 6.07 Å². The van der Waals surface area contributed by atoms with Crippen molar-refractivity contribution in [3.05, 3.63) is 123 Å². The van der Waals surface area contributed by atoms with Crippen LogP contribution in [0.3, 0.4) is 0 Å². The molecule has 0 aliphatic carbocycles. The predicted octanol–water partition coefficient (Wildman–Crippen LogP) is 4.81.